The monoisotopic (exact) mass is 255 g/mol. The lowest BCUT2D eigenvalue weighted by Gasteiger charge is -2.23. The maximum Gasteiger partial charge on any atom is 0.115 e. The minimum atomic E-state index is 0.302. The fourth-order valence-electron chi connectivity index (χ4n) is 2.30. The van der Waals surface area contributed by atoms with Crippen LogP contribution in [0.15, 0.2) is 54.6 Å². The van der Waals surface area contributed by atoms with Crippen LogP contribution < -0.4 is 5.32 Å². The second kappa shape index (κ2) is 6.39. The molecule has 100 valence electrons. The first-order valence-corrected chi connectivity index (χ1v) is 6.80. The molecule has 0 bridgehead atoms. The summed E-state index contributed by atoms with van der Waals surface area (Å²) >= 11 is 0. The third kappa shape index (κ3) is 3.58. The Kier molecular flexibility index (Phi) is 4.58. The molecule has 2 aromatic carbocycles. The lowest BCUT2D eigenvalue weighted by Crippen LogP contribution is -2.24. The van der Waals surface area contributed by atoms with Crippen molar-refractivity contribution in [3.05, 3.63) is 65.7 Å². The second-order valence-corrected chi connectivity index (χ2v) is 4.85. The highest BCUT2D eigenvalue weighted by molar-refractivity contribution is 5.28. The molecule has 0 aliphatic rings. The summed E-state index contributed by atoms with van der Waals surface area (Å²) in [5.41, 5.74) is 2.50. The van der Waals surface area contributed by atoms with E-state index >= 15 is 0 Å². The zero-order valence-electron chi connectivity index (χ0n) is 11.5. The quantitative estimate of drug-likeness (QED) is 0.839. The molecule has 0 heterocycles. The van der Waals surface area contributed by atoms with E-state index in [-0.39, 0.29) is 0 Å². The van der Waals surface area contributed by atoms with Crippen molar-refractivity contribution >= 4 is 0 Å². The number of benzene rings is 2. The summed E-state index contributed by atoms with van der Waals surface area (Å²) in [5.74, 6) is 0.315. The van der Waals surface area contributed by atoms with Crippen LogP contribution in [0.3, 0.4) is 0 Å². The Morgan fingerprint density at radius 3 is 2.16 bits per heavy atom. The predicted octanol–water partition coefficient (Wildman–Crippen LogP) is 4.19. The summed E-state index contributed by atoms with van der Waals surface area (Å²) in [4.78, 5) is 0. The summed E-state index contributed by atoms with van der Waals surface area (Å²) in [6.07, 6.45) is 1.02. The molecular formula is C17H21NO. The molecule has 0 aliphatic carbocycles. The maximum absolute atomic E-state index is 9.35. The smallest absolute Gasteiger partial charge is 0.115 e. The van der Waals surface area contributed by atoms with Gasteiger partial charge >= 0.3 is 0 Å². The van der Waals surface area contributed by atoms with E-state index < -0.39 is 0 Å². The van der Waals surface area contributed by atoms with Crippen molar-refractivity contribution in [1.82, 2.24) is 5.32 Å². The van der Waals surface area contributed by atoms with Crippen LogP contribution >= 0.6 is 0 Å². The number of hydrogen-bond donors (Lipinski definition) is 2. The molecule has 0 radical (unpaired) electrons. The molecule has 2 aromatic rings. The van der Waals surface area contributed by atoms with Crippen LogP contribution in [0, 0.1) is 0 Å². The highest BCUT2D eigenvalue weighted by Gasteiger charge is 2.13. The van der Waals surface area contributed by atoms with Gasteiger partial charge in [-0.2, -0.15) is 0 Å². The Bertz CT molecular complexity index is 492. The molecular weight excluding hydrogens is 234 g/mol. The van der Waals surface area contributed by atoms with E-state index in [1.165, 1.54) is 11.1 Å². The van der Waals surface area contributed by atoms with E-state index in [2.05, 4.69) is 43.4 Å². The summed E-state index contributed by atoms with van der Waals surface area (Å²) in [6.45, 7) is 4.35. The molecule has 2 heteroatoms. The number of phenolic OH excluding ortho intramolecular Hbond substituents is 1. The van der Waals surface area contributed by atoms with Crippen LogP contribution in [0.1, 0.15) is 43.5 Å². The average molecular weight is 255 g/mol. The summed E-state index contributed by atoms with van der Waals surface area (Å²) in [6, 6.07) is 18.5. The van der Waals surface area contributed by atoms with Crippen LogP contribution in [0.2, 0.25) is 0 Å². The molecule has 0 spiro atoms. The van der Waals surface area contributed by atoms with Gasteiger partial charge in [-0.15, -0.1) is 0 Å². The minimum absolute atomic E-state index is 0.302. The molecule has 2 atom stereocenters. The Hall–Kier alpha value is -1.80. The zero-order chi connectivity index (χ0) is 13.7. The van der Waals surface area contributed by atoms with Crippen molar-refractivity contribution in [3.63, 3.8) is 0 Å². The molecule has 19 heavy (non-hydrogen) atoms. The van der Waals surface area contributed by atoms with Gasteiger partial charge in [0.25, 0.3) is 0 Å². The van der Waals surface area contributed by atoms with Crippen LogP contribution in [-0.4, -0.2) is 5.11 Å². The van der Waals surface area contributed by atoms with Crippen LogP contribution in [0.4, 0.5) is 0 Å². The van der Waals surface area contributed by atoms with Gasteiger partial charge in [-0.3, -0.25) is 0 Å². The maximum atomic E-state index is 9.35. The van der Waals surface area contributed by atoms with Crippen molar-refractivity contribution in [2.75, 3.05) is 0 Å². The Morgan fingerprint density at radius 2 is 1.58 bits per heavy atom. The fraction of sp³-hybridized carbons (Fsp3) is 0.294. The molecule has 0 aliphatic heterocycles. The van der Waals surface area contributed by atoms with Crippen molar-refractivity contribution in [2.24, 2.45) is 0 Å². The first kappa shape index (κ1) is 13.6. The molecule has 0 saturated heterocycles. The van der Waals surface area contributed by atoms with Crippen molar-refractivity contribution < 1.29 is 5.11 Å². The lowest BCUT2D eigenvalue weighted by molar-refractivity contribution is 0.453. The fourth-order valence-corrected chi connectivity index (χ4v) is 2.30. The normalized spacial score (nSPS) is 14.0. The molecule has 0 amide bonds. The molecule has 2 nitrogen and oxygen atoms in total. The Morgan fingerprint density at radius 1 is 0.947 bits per heavy atom. The highest BCUT2D eigenvalue weighted by atomic mass is 16.3. The number of hydrogen-bond acceptors (Lipinski definition) is 2. The van der Waals surface area contributed by atoms with E-state index in [1.54, 1.807) is 12.1 Å². The third-order valence-corrected chi connectivity index (χ3v) is 3.45. The van der Waals surface area contributed by atoms with Gasteiger partial charge in [-0.1, -0.05) is 49.4 Å². The molecule has 2 N–H and O–H groups in total. The van der Waals surface area contributed by atoms with Crippen LogP contribution in [0.25, 0.3) is 0 Å². The van der Waals surface area contributed by atoms with E-state index in [9.17, 15) is 5.11 Å². The van der Waals surface area contributed by atoms with Gasteiger partial charge in [0.05, 0.1) is 0 Å². The van der Waals surface area contributed by atoms with Crippen molar-refractivity contribution in [1.29, 1.82) is 0 Å². The van der Waals surface area contributed by atoms with Gasteiger partial charge in [-0.05, 0) is 36.6 Å². The van der Waals surface area contributed by atoms with Gasteiger partial charge in [0.1, 0.15) is 5.75 Å². The highest BCUT2D eigenvalue weighted by Crippen LogP contribution is 2.23. The first-order valence-electron chi connectivity index (χ1n) is 6.80. The molecule has 0 aromatic heterocycles. The van der Waals surface area contributed by atoms with Gasteiger partial charge in [0.2, 0.25) is 0 Å². The largest absolute Gasteiger partial charge is 0.508 e. The van der Waals surface area contributed by atoms with E-state index in [0.29, 0.717) is 17.8 Å². The predicted molar refractivity (Wildman–Crippen MR) is 79.1 cm³/mol. The SMILES string of the molecule is CC[C@@H](N[C@H](C)c1ccccc1)c1ccc(O)cc1. The second-order valence-electron chi connectivity index (χ2n) is 4.85. The Balaban J connectivity index is 2.09. The minimum Gasteiger partial charge on any atom is -0.508 e. The lowest BCUT2D eigenvalue weighted by atomic mass is 10.0. The van der Waals surface area contributed by atoms with Gasteiger partial charge in [0, 0.05) is 12.1 Å². The molecule has 0 unspecified atom stereocenters. The van der Waals surface area contributed by atoms with Crippen LogP contribution in [-0.2, 0) is 0 Å². The number of rotatable bonds is 5. The van der Waals surface area contributed by atoms with E-state index in [4.69, 9.17) is 0 Å². The van der Waals surface area contributed by atoms with Crippen molar-refractivity contribution in [2.45, 2.75) is 32.4 Å². The topological polar surface area (TPSA) is 32.3 Å². The number of phenols is 1. The summed E-state index contributed by atoms with van der Waals surface area (Å²) in [7, 11) is 0. The van der Waals surface area contributed by atoms with Crippen molar-refractivity contribution in [3.8, 4) is 5.75 Å². The standard InChI is InChI=1S/C17H21NO/c1-3-17(15-9-11-16(19)12-10-15)18-13(2)14-7-5-4-6-8-14/h4-13,17-19H,3H2,1-2H3/t13-,17-/m1/s1. The van der Waals surface area contributed by atoms with E-state index in [1.807, 2.05) is 18.2 Å². The summed E-state index contributed by atoms with van der Waals surface area (Å²) in [5, 5.41) is 13.0. The number of nitrogens with one attached hydrogen (secondary N) is 1. The number of aromatic hydroxyl groups is 1. The Labute approximate surface area is 115 Å². The van der Waals surface area contributed by atoms with E-state index in [0.717, 1.165) is 6.42 Å². The third-order valence-electron chi connectivity index (χ3n) is 3.45. The molecule has 0 fully saturated rings. The zero-order valence-corrected chi connectivity index (χ0v) is 11.5. The van der Waals surface area contributed by atoms with Gasteiger partial charge in [-0.25, -0.2) is 0 Å². The van der Waals surface area contributed by atoms with Gasteiger partial charge < -0.3 is 10.4 Å². The molecule has 2 rings (SSSR count). The summed E-state index contributed by atoms with van der Waals surface area (Å²) < 4.78 is 0. The van der Waals surface area contributed by atoms with Crippen LogP contribution in [0.5, 0.6) is 5.75 Å². The molecule has 0 saturated carbocycles. The van der Waals surface area contributed by atoms with Gasteiger partial charge in [0.15, 0.2) is 0 Å². The average Bonchev–Trinajstić information content (AvgIpc) is 2.46. The first-order chi connectivity index (χ1) is 9.20.